The topological polar surface area (TPSA) is 105 Å². The molecule has 2 atom stereocenters. The molecule has 0 saturated carbocycles. The Morgan fingerprint density at radius 3 is 2.93 bits per heavy atom. The van der Waals surface area contributed by atoms with Crippen LogP contribution in [0.4, 0.5) is 11.6 Å². The van der Waals surface area contributed by atoms with Crippen molar-refractivity contribution in [2.45, 2.75) is 38.8 Å². The van der Waals surface area contributed by atoms with E-state index in [-0.39, 0.29) is 30.5 Å². The van der Waals surface area contributed by atoms with Crippen molar-refractivity contribution in [1.82, 2.24) is 15.3 Å². The number of carbonyl (C=O) groups excluding carboxylic acids is 2. The van der Waals surface area contributed by atoms with Gasteiger partial charge in [0.2, 0.25) is 11.9 Å². The molecule has 3 heterocycles. The number of rotatable bonds is 4. The van der Waals surface area contributed by atoms with Crippen LogP contribution in [-0.2, 0) is 9.53 Å². The summed E-state index contributed by atoms with van der Waals surface area (Å²) in [5, 5.41) is 8.76. The highest BCUT2D eigenvalue weighted by molar-refractivity contribution is 6.09. The van der Waals surface area contributed by atoms with Gasteiger partial charge in [0.1, 0.15) is 0 Å². The fraction of sp³-hybridized carbons (Fsp3) is 0.429. The number of hydrogen-bond acceptors (Lipinski definition) is 6. The lowest BCUT2D eigenvalue weighted by atomic mass is 9.94. The predicted octanol–water partition coefficient (Wildman–Crippen LogP) is 2.44. The molecule has 1 saturated heterocycles. The van der Waals surface area contributed by atoms with Crippen molar-refractivity contribution >= 4 is 23.5 Å². The van der Waals surface area contributed by atoms with Gasteiger partial charge < -0.3 is 20.7 Å². The second-order valence-corrected chi connectivity index (χ2v) is 7.73. The number of nitrogens with one attached hydrogen (secondary N) is 3. The van der Waals surface area contributed by atoms with Crippen molar-refractivity contribution in [3.05, 3.63) is 36.0 Å². The zero-order chi connectivity index (χ0) is 20.4. The Morgan fingerprint density at radius 1 is 1.24 bits per heavy atom. The van der Waals surface area contributed by atoms with Gasteiger partial charge in [-0.2, -0.15) is 0 Å². The fourth-order valence-electron chi connectivity index (χ4n) is 3.82. The minimum Gasteiger partial charge on any atom is -0.376 e. The number of benzene rings is 1. The van der Waals surface area contributed by atoms with Crippen molar-refractivity contribution in [2.75, 3.05) is 23.8 Å². The SMILES string of the molecule is CC(C)C1OCCCC1Nc1nccc(-c2ccc3c(c2)C(=O)NCC(=O)N3)n1. The Bertz CT molecular complexity index is 930. The minimum atomic E-state index is -0.285. The molecule has 1 fully saturated rings. The summed E-state index contributed by atoms with van der Waals surface area (Å²) in [5.41, 5.74) is 2.40. The van der Waals surface area contributed by atoms with Gasteiger partial charge in [-0.3, -0.25) is 9.59 Å². The molecule has 1 aromatic heterocycles. The van der Waals surface area contributed by atoms with Gasteiger partial charge in [0.25, 0.3) is 5.91 Å². The second kappa shape index (κ2) is 8.16. The first-order valence-corrected chi connectivity index (χ1v) is 9.95. The highest BCUT2D eigenvalue weighted by Gasteiger charge is 2.29. The predicted molar refractivity (Wildman–Crippen MR) is 110 cm³/mol. The van der Waals surface area contributed by atoms with Crippen molar-refractivity contribution in [2.24, 2.45) is 5.92 Å². The van der Waals surface area contributed by atoms with E-state index >= 15 is 0 Å². The van der Waals surface area contributed by atoms with Crippen LogP contribution in [0.5, 0.6) is 0 Å². The molecule has 8 nitrogen and oxygen atoms in total. The third kappa shape index (κ3) is 4.22. The van der Waals surface area contributed by atoms with E-state index in [1.54, 1.807) is 24.4 Å². The average molecular weight is 395 g/mol. The maximum atomic E-state index is 12.3. The number of carbonyl (C=O) groups is 2. The smallest absolute Gasteiger partial charge is 0.253 e. The molecular formula is C21H25N5O3. The molecule has 1 aromatic carbocycles. The Balaban J connectivity index is 1.59. The Morgan fingerprint density at radius 2 is 2.10 bits per heavy atom. The molecule has 29 heavy (non-hydrogen) atoms. The third-order valence-electron chi connectivity index (χ3n) is 5.24. The summed E-state index contributed by atoms with van der Waals surface area (Å²) in [4.78, 5) is 33.0. The van der Waals surface area contributed by atoms with E-state index in [9.17, 15) is 9.59 Å². The maximum absolute atomic E-state index is 12.3. The van der Waals surface area contributed by atoms with Crippen LogP contribution < -0.4 is 16.0 Å². The number of anilines is 2. The van der Waals surface area contributed by atoms with Crippen LogP contribution in [0.3, 0.4) is 0 Å². The third-order valence-corrected chi connectivity index (χ3v) is 5.24. The molecule has 2 aromatic rings. The lowest BCUT2D eigenvalue weighted by molar-refractivity contribution is -0.115. The molecule has 8 heteroatoms. The van der Waals surface area contributed by atoms with E-state index in [1.807, 2.05) is 6.07 Å². The Kier molecular flexibility index (Phi) is 5.44. The Labute approximate surface area is 169 Å². The van der Waals surface area contributed by atoms with Crippen molar-refractivity contribution in [3.8, 4) is 11.3 Å². The van der Waals surface area contributed by atoms with Gasteiger partial charge in [-0.05, 0) is 37.0 Å². The summed E-state index contributed by atoms with van der Waals surface area (Å²) in [6.07, 6.45) is 3.84. The van der Waals surface area contributed by atoms with Crippen LogP contribution in [0.25, 0.3) is 11.3 Å². The highest BCUT2D eigenvalue weighted by Crippen LogP contribution is 2.27. The lowest BCUT2D eigenvalue weighted by Crippen LogP contribution is -2.43. The number of nitrogens with zero attached hydrogens (tertiary/aromatic N) is 2. The molecule has 2 aliphatic rings. The summed E-state index contributed by atoms with van der Waals surface area (Å²) in [5.74, 6) is 0.408. The van der Waals surface area contributed by atoms with Gasteiger partial charge in [-0.15, -0.1) is 0 Å². The number of aromatic nitrogens is 2. The van der Waals surface area contributed by atoms with Gasteiger partial charge in [-0.25, -0.2) is 9.97 Å². The summed E-state index contributed by atoms with van der Waals surface area (Å²) < 4.78 is 5.94. The van der Waals surface area contributed by atoms with Gasteiger partial charge in [0.05, 0.1) is 35.6 Å². The van der Waals surface area contributed by atoms with Crippen LogP contribution in [-0.4, -0.2) is 47.1 Å². The van der Waals surface area contributed by atoms with E-state index in [0.29, 0.717) is 28.8 Å². The van der Waals surface area contributed by atoms with Crippen LogP contribution in [0.1, 0.15) is 37.0 Å². The average Bonchev–Trinajstić information content (AvgIpc) is 2.86. The first kappa shape index (κ1) is 19.3. The number of amides is 2. The summed E-state index contributed by atoms with van der Waals surface area (Å²) in [6, 6.07) is 7.27. The molecule has 2 aliphatic heterocycles. The molecule has 0 radical (unpaired) electrons. The standard InChI is InChI=1S/C21H25N5O3/c1-12(2)19-17(4-3-9-29-19)26-21-22-8-7-15(25-21)13-5-6-16-14(10-13)20(28)23-11-18(27)24-16/h5-8,10,12,17,19H,3-4,9,11H2,1-2H3,(H,23,28)(H,24,27)(H,22,25,26). The quantitative estimate of drug-likeness (QED) is 0.734. The highest BCUT2D eigenvalue weighted by atomic mass is 16.5. The minimum absolute atomic E-state index is 0.0368. The summed E-state index contributed by atoms with van der Waals surface area (Å²) in [7, 11) is 0. The van der Waals surface area contributed by atoms with Crippen LogP contribution in [0, 0.1) is 5.92 Å². The molecule has 3 N–H and O–H groups in total. The van der Waals surface area contributed by atoms with Crippen molar-refractivity contribution in [1.29, 1.82) is 0 Å². The van der Waals surface area contributed by atoms with Gasteiger partial charge in [0.15, 0.2) is 0 Å². The maximum Gasteiger partial charge on any atom is 0.253 e. The van der Waals surface area contributed by atoms with Crippen LogP contribution >= 0.6 is 0 Å². The largest absolute Gasteiger partial charge is 0.376 e. The first-order chi connectivity index (χ1) is 14.0. The fourth-order valence-corrected chi connectivity index (χ4v) is 3.82. The van der Waals surface area contributed by atoms with Gasteiger partial charge in [-0.1, -0.05) is 19.9 Å². The molecule has 4 rings (SSSR count). The van der Waals surface area contributed by atoms with Gasteiger partial charge >= 0.3 is 0 Å². The van der Waals surface area contributed by atoms with E-state index in [1.165, 1.54) is 0 Å². The normalized spacial score (nSPS) is 21.8. The van der Waals surface area contributed by atoms with Crippen molar-refractivity contribution < 1.29 is 14.3 Å². The second-order valence-electron chi connectivity index (χ2n) is 7.73. The number of fused-ring (bicyclic) bond motifs is 1. The lowest BCUT2D eigenvalue weighted by Gasteiger charge is -2.34. The Hall–Kier alpha value is -3.00. The molecule has 152 valence electrons. The summed E-state index contributed by atoms with van der Waals surface area (Å²) >= 11 is 0. The monoisotopic (exact) mass is 395 g/mol. The van der Waals surface area contributed by atoms with Crippen LogP contribution in [0.2, 0.25) is 0 Å². The molecule has 0 bridgehead atoms. The van der Waals surface area contributed by atoms with Gasteiger partial charge in [0, 0.05) is 18.4 Å². The van der Waals surface area contributed by atoms with E-state index < -0.39 is 0 Å². The molecule has 2 amide bonds. The van der Waals surface area contributed by atoms with Crippen LogP contribution in [0.15, 0.2) is 30.5 Å². The number of ether oxygens (including phenoxy) is 1. The molecule has 2 unspecified atom stereocenters. The molecule has 0 aliphatic carbocycles. The first-order valence-electron chi connectivity index (χ1n) is 9.95. The molecular weight excluding hydrogens is 370 g/mol. The van der Waals surface area contributed by atoms with Crippen molar-refractivity contribution in [3.63, 3.8) is 0 Å². The summed E-state index contributed by atoms with van der Waals surface area (Å²) in [6.45, 7) is 5.06. The molecule has 0 spiro atoms. The zero-order valence-corrected chi connectivity index (χ0v) is 16.6. The number of hydrogen-bond donors (Lipinski definition) is 3. The van der Waals surface area contributed by atoms with E-state index in [0.717, 1.165) is 25.0 Å². The van der Waals surface area contributed by atoms with E-state index in [2.05, 4.69) is 39.8 Å². The van der Waals surface area contributed by atoms with E-state index in [4.69, 9.17) is 4.74 Å². The zero-order valence-electron chi connectivity index (χ0n) is 16.6.